The van der Waals surface area contributed by atoms with Crippen LogP contribution in [0.2, 0.25) is 0 Å². The molecule has 0 atom stereocenters. The number of hydrogen-bond donors (Lipinski definition) is 2. The first-order valence-electron chi connectivity index (χ1n) is 6.03. The maximum atomic E-state index is 13.3. The molecule has 0 saturated carbocycles. The minimum absolute atomic E-state index is 0.193. The molecule has 3 N–H and O–H groups in total. The smallest absolute Gasteiger partial charge is 0.231 e. The number of rotatable bonds is 3. The van der Waals surface area contributed by atoms with Crippen molar-refractivity contribution >= 4 is 27.5 Å². The van der Waals surface area contributed by atoms with Gasteiger partial charge in [0.1, 0.15) is 5.82 Å². The topological polar surface area (TPSA) is 55.1 Å². The van der Waals surface area contributed by atoms with E-state index in [1.54, 1.807) is 40.7 Å². The zero-order chi connectivity index (χ0) is 15.0. The van der Waals surface area contributed by atoms with E-state index in [9.17, 15) is 9.18 Å². The number of halogens is 2. The van der Waals surface area contributed by atoms with E-state index in [1.807, 2.05) is 0 Å². The summed E-state index contributed by atoms with van der Waals surface area (Å²) in [7, 11) is 0. The van der Waals surface area contributed by atoms with E-state index in [4.69, 9.17) is 5.73 Å². The molecular weight excluding hydrogens is 311 g/mol. The molecule has 0 bridgehead atoms. The van der Waals surface area contributed by atoms with Gasteiger partial charge in [-0.05, 0) is 68.2 Å². The fraction of sp³-hybridized carbons (Fsp3) is 0.500. The van der Waals surface area contributed by atoms with E-state index in [-0.39, 0.29) is 11.7 Å². The van der Waals surface area contributed by atoms with Gasteiger partial charge in [0.2, 0.25) is 5.91 Å². The lowest BCUT2D eigenvalue weighted by atomic mass is 9.74. The monoisotopic (exact) mass is 330 g/mol. The van der Waals surface area contributed by atoms with Gasteiger partial charge in [0, 0.05) is 11.2 Å². The van der Waals surface area contributed by atoms with Crippen LogP contribution in [0, 0.1) is 18.2 Å². The van der Waals surface area contributed by atoms with Crippen LogP contribution in [-0.2, 0) is 4.79 Å². The van der Waals surface area contributed by atoms with Crippen molar-refractivity contribution in [2.45, 2.75) is 40.2 Å². The molecular formula is C14H20BrFN2O. The van der Waals surface area contributed by atoms with E-state index >= 15 is 0 Å². The predicted octanol–water partition coefficient (Wildman–Crippen LogP) is 3.60. The summed E-state index contributed by atoms with van der Waals surface area (Å²) >= 11 is 3.11. The molecule has 1 amide bonds. The molecule has 0 aliphatic heterocycles. The first-order valence-corrected chi connectivity index (χ1v) is 6.82. The van der Waals surface area contributed by atoms with Crippen LogP contribution in [0.3, 0.4) is 0 Å². The lowest BCUT2D eigenvalue weighted by molar-refractivity contribution is -0.126. The molecule has 0 fully saturated rings. The number of carbonyl (C=O) groups excluding carboxylic acids is 1. The quantitative estimate of drug-likeness (QED) is 0.889. The molecule has 1 rings (SSSR count). The number of amides is 1. The first-order chi connectivity index (χ1) is 8.46. The van der Waals surface area contributed by atoms with Crippen LogP contribution in [-0.4, -0.2) is 11.4 Å². The number of nitrogens with two attached hydrogens (primary N) is 1. The molecule has 1 aromatic rings. The van der Waals surface area contributed by atoms with E-state index < -0.39 is 11.0 Å². The fourth-order valence-corrected chi connectivity index (χ4v) is 1.70. The van der Waals surface area contributed by atoms with Crippen LogP contribution in [0.25, 0.3) is 0 Å². The van der Waals surface area contributed by atoms with Crippen molar-refractivity contribution in [2.24, 2.45) is 11.1 Å². The predicted molar refractivity (Wildman–Crippen MR) is 79.5 cm³/mol. The minimum Gasteiger partial charge on any atom is -0.325 e. The van der Waals surface area contributed by atoms with Gasteiger partial charge < -0.3 is 11.1 Å². The minimum atomic E-state index is -0.750. The molecule has 0 radical (unpaired) electrons. The highest BCUT2D eigenvalue weighted by Crippen LogP contribution is 2.31. The number of benzene rings is 1. The Morgan fingerprint density at radius 2 is 1.84 bits per heavy atom. The van der Waals surface area contributed by atoms with E-state index in [2.05, 4.69) is 21.2 Å². The lowest BCUT2D eigenvalue weighted by Crippen LogP contribution is -2.53. The molecule has 0 aliphatic rings. The highest BCUT2D eigenvalue weighted by molar-refractivity contribution is 9.10. The van der Waals surface area contributed by atoms with Gasteiger partial charge in [-0.3, -0.25) is 4.79 Å². The van der Waals surface area contributed by atoms with Crippen LogP contribution in [0.1, 0.15) is 33.3 Å². The number of anilines is 1. The van der Waals surface area contributed by atoms with Crippen molar-refractivity contribution in [3.05, 3.63) is 28.0 Å². The Balaban J connectivity index is 3.05. The van der Waals surface area contributed by atoms with Crippen LogP contribution >= 0.6 is 15.9 Å². The van der Waals surface area contributed by atoms with Crippen LogP contribution < -0.4 is 11.1 Å². The van der Waals surface area contributed by atoms with Crippen molar-refractivity contribution in [3.63, 3.8) is 0 Å². The number of carbonyl (C=O) groups is 1. The Labute approximate surface area is 121 Å². The van der Waals surface area contributed by atoms with Crippen molar-refractivity contribution in [2.75, 3.05) is 5.32 Å². The molecule has 106 valence electrons. The average Bonchev–Trinajstić information content (AvgIpc) is 2.24. The first kappa shape index (κ1) is 16.1. The summed E-state index contributed by atoms with van der Waals surface area (Å²) in [5.74, 6) is -0.546. The molecule has 19 heavy (non-hydrogen) atoms. The molecule has 1 aromatic carbocycles. The number of hydrogen-bond acceptors (Lipinski definition) is 2. The Bertz CT molecular complexity index is 507. The summed E-state index contributed by atoms with van der Waals surface area (Å²) in [6.07, 6.45) is 0. The largest absolute Gasteiger partial charge is 0.325 e. The summed E-state index contributed by atoms with van der Waals surface area (Å²) in [6, 6.07) is 2.93. The second-order valence-electron chi connectivity index (χ2n) is 5.88. The summed E-state index contributed by atoms with van der Waals surface area (Å²) in [6.45, 7) is 8.93. The third-order valence-electron chi connectivity index (χ3n) is 3.69. The fourth-order valence-electron chi connectivity index (χ4n) is 1.35. The van der Waals surface area contributed by atoms with Crippen molar-refractivity contribution in [1.29, 1.82) is 0 Å². The molecule has 0 saturated heterocycles. The Hall–Kier alpha value is -0.940. The summed E-state index contributed by atoms with van der Waals surface area (Å²) in [5, 5.41) is 2.81. The lowest BCUT2D eigenvalue weighted by Gasteiger charge is -2.37. The highest BCUT2D eigenvalue weighted by atomic mass is 79.9. The third-order valence-corrected chi connectivity index (χ3v) is 4.30. The Morgan fingerprint density at radius 1 is 1.32 bits per heavy atom. The third kappa shape index (κ3) is 3.34. The zero-order valence-corrected chi connectivity index (χ0v) is 13.5. The van der Waals surface area contributed by atoms with Gasteiger partial charge in [-0.25, -0.2) is 4.39 Å². The molecule has 0 aliphatic carbocycles. The van der Waals surface area contributed by atoms with Gasteiger partial charge >= 0.3 is 0 Å². The van der Waals surface area contributed by atoms with Crippen molar-refractivity contribution in [1.82, 2.24) is 0 Å². The summed E-state index contributed by atoms with van der Waals surface area (Å²) in [5.41, 5.74) is 5.86. The van der Waals surface area contributed by atoms with Crippen LogP contribution in [0.15, 0.2) is 16.6 Å². The zero-order valence-electron chi connectivity index (χ0n) is 11.9. The highest BCUT2D eigenvalue weighted by Gasteiger charge is 2.40. The normalized spacial score (nSPS) is 12.4. The number of nitrogens with one attached hydrogen (secondary N) is 1. The molecule has 5 heteroatoms. The summed E-state index contributed by atoms with van der Waals surface area (Å²) < 4.78 is 13.7. The molecule has 0 heterocycles. The Kier molecular flexibility index (Phi) is 4.42. The van der Waals surface area contributed by atoms with Gasteiger partial charge in [0.05, 0.1) is 9.89 Å². The van der Waals surface area contributed by atoms with E-state index in [0.29, 0.717) is 15.7 Å². The van der Waals surface area contributed by atoms with Gasteiger partial charge in [-0.15, -0.1) is 0 Å². The maximum absolute atomic E-state index is 13.3. The van der Waals surface area contributed by atoms with Gasteiger partial charge in [0.15, 0.2) is 0 Å². The van der Waals surface area contributed by atoms with Crippen molar-refractivity contribution < 1.29 is 9.18 Å². The van der Waals surface area contributed by atoms with E-state index in [0.717, 1.165) is 0 Å². The second-order valence-corrected chi connectivity index (χ2v) is 6.74. The average molecular weight is 331 g/mol. The number of aryl methyl sites for hydroxylation is 1. The maximum Gasteiger partial charge on any atom is 0.231 e. The SMILES string of the molecule is Cc1cc(F)c(Br)cc1NC(=O)C(C)(C)C(C)(C)N. The van der Waals surface area contributed by atoms with Gasteiger partial charge in [-0.2, -0.15) is 0 Å². The van der Waals surface area contributed by atoms with Crippen LogP contribution in [0.4, 0.5) is 10.1 Å². The van der Waals surface area contributed by atoms with Crippen molar-refractivity contribution in [3.8, 4) is 0 Å². The molecule has 0 spiro atoms. The Morgan fingerprint density at radius 3 is 2.32 bits per heavy atom. The molecule has 0 unspecified atom stereocenters. The molecule has 0 aromatic heterocycles. The molecule has 3 nitrogen and oxygen atoms in total. The van der Waals surface area contributed by atoms with Gasteiger partial charge in [-0.1, -0.05) is 0 Å². The van der Waals surface area contributed by atoms with Crippen LogP contribution in [0.5, 0.6) is 0 Å². The standard InChI is InChI=1S/C14H20BrFN2O/c1-8-6-10(16)9(15)7-11(8)18-12(19)13(2,3)14(4,5)17/h6-7H,17H2,1-5H3,(H,18,19). The van der Waals surface area contributed by atoms with Gasteiger partial charge in [0.25, 0.3) is 0 Å². The van der Waals surface area contributed by atoms with E-state index in [1.165, 1.54) is 6.07 Å². The summed E-state index contributed by atoms with van der Waals surface area (Å²) in [4.78, 5) is 12.3. The second kappa shape index (κ2) is 5.21.